The molecule has 0 amide bonds. The Morgan fingerprint density at radius 2 is 2.10 bits per heavy atom. The number of hydrogen-bond acceptors (Lipinski definition) is 6. The molecule has 0 fully saturated rings. The number of hydrogen-bond donors (Lipinski definition) is 1. The summed E-state index contributed by atoms with van der Waals surface area (Å²) in [4.78, 5) is 4.13. The number of aryl methyl sites for hydroxylation is 1. The van der Waals surface area contributed by atoms with Crippen LogP contribution in [0.1, 0.15) is 33.1 Å². The first kappa shape index (κ1) is 15.4. The zero-order valence-electron chi connectivity index (χ0n) is 13.0. The van der Waals surface area contributed by atoms with Gasteiger partial charge in [-0.3, -0.25) is 0 Å². The van der Waals surface area contributed by atoms with E-state index in [0.29, 0.717) is 23.2 Å². The molecule has 2 rings (SSSR count). The van der Waals surface area contributed by atoms with Gasteiger partial charge in [-0.05, 0) is 45.9 Å². The standard InChI is InChI=1S/C15H22N4O2/c1-15(2,3)17-10-6-8-12-18-19-14(21-12)11-7-5-9-16-13(11)20-4/h5,7,9,17H,6,8,10H2,1-4H3. The summed E-state index contributed by atoms with van der Waals surface area (Å²) in [6.07, 6.45) is 3.36. The molecule has 2 heterocycles. The number of pyridine rings is 1. The zero-order chi connectivity index (χ0) is 15.3. The molecule has 0 saturated carbocycles. The number of ether oxygens (including phenoxy) is 1. The third-order valence-corrected chi connectivity index (χ3v) is 2.88. The predicted octanol–water partition coefficient (Wildman–Crippen LogP) is 2.46. The van der Waals surface area contributed by atoms with Crippen molar-refractivity contribution >= 4 is 0 Å². The van der Waals surface area contributed by atoms with Crippen molar-refractivity contribution < 1.29 is 9.15 Å². The van der Waals surface area contributed by atoms with Gasteiger partial charge in [0.1, 0.15) is 5.56 Å². The van der Waals surface area contributed by atoms with Gasteiger partial charge in [0.2, 0.25) is 11.8 Å². The maximum Gasteiger partial charge on any atom is 0.253 e. The van der Waals surface area contributed by atoms with Gasteiger partial charge in [0, 0.05) is 18.2 Å². The van der Waals surface area contributed by atoms with Crippen LogP contribution in [0.2, 0.25) is 0 Å². The maximum atomic E-state index is 5.67. The largest absolute Gasteiger partial charge is 0.480 e. The normalized spacial score (nSPS) is 11.6. The minimum atomic E-state index is 0.128. The summed E-state index contributed by atoms with van der Waals surface area (Å²) in [5.74, 6) is 1.56. The SMILES string of the molecule is COc1ncccc1-c1nnc(CCCNC(C)(C)C)o1. The summed E-state index contributed by atoms with van der Waals surface area (Å²) >= 11 is 0. The second-order valence-electron chi connectivity index (χ2n) is 5.84. The van der Waals surface area contributed by atoms with Crippen molar-refractivity contribution in [2.45, 2.75) is 39.2 Å². The van der Waals surface area contributed by atoms with Crippen LogP contribution in [0.15, 0.2) is 22.7 Å². The highest BCUT2D eigenvalue weighted by Gasteiger charge is 2.14. The van der Waals surface area contributed by atoms with Crippen molar-refractivity contribution in [2.24, 2.45) is 0 Å². The van der Waals surface area contributed by atoms with Gasteiger partial charge < -0.3 is 14.5 Å². The molecule has 1 N–H and O–H groups in total. The minimum absolute atomic E-state index is 0.128. The Balaban J connectivity index is 1.95. The smallest absolute Gasteiger partial charge is 0.253 e. The Morgan fingerprint density at radius 1 is 1.29 bits per heavy atom. The Bertz CT molecular complexity index is 575. The fourth-order valence-corrected chi connectivity index (χ4v) is 1.88. The van der Waals surface area contributed by atoms with Gasteiger partial charge in [0.15, 0.2) is 0 Å². The molecule has 0 aliphatic heterocycles. The lowest BCUT2D eigenvalue weighted by atomic mass is 10.1. The highest BCUT2D eigenvalue weighted by Crippen LogP contribution is 2.26. The van der Waals surface area contributed by atoms with E-state index in [0.717, 1.165) is 19.4 Å². The van der Waals surface area contributed by atoms with Crippen molar-refractivity contribution in [1.29, 1.82) is 0 Å². The number of aromatic nitrogens is 3. The van der Waals surface area contributed by atoms with Crippen LogP contribution < -0.4 is 10.1 Å². The van der Waals surface area contributed by atoms with Crippen LogP contribution in [0.5, 0.6) is 5.88 Å². The molecule has 0 unspecified atom stereocenters. The average molecular weight is 290 g/mol. The molecule has 0 atom stereocenters. The van der Waals surface area contributed by atoms with E-state index in [1.54, 1.807) is 13.3 Å². The molecule has 0 saturated heterocycles. The summed E-state index contributed by atoms with van der Waals surface area (Å²) < 4.78 is 10.9. The lowest BCUT2D eigenvalue weighted by molar-refractivity contribution is 0.396. The van der Waals surface area contributed by atoms with E-state index in [4.69, 9.17) is 9.15 Å². The van der Waals surface area contributed by atoms with Gasteiger partial charge in [0.05, 0.1) is 7.11 Å². The molecule has 0 aromatic carbocycles. The van der Waals surface area contributed by atoms with Gasteiger partial charge in [-0.25, -0.2) is 4.98 Å². The van der Waals surface area contributed by atoms with Crippen LogP contribution in [0.25, 0.3) is 11.5 Å². The minimum Gasteiger partial charge on any atom is -0.480 e. The predicted molar refractivity (Wildman–Crippen MR) is 80.2 cm³/mol. The van der Waals surface area contributed by atoms with Gasteiger partial charge in [-0.1, -0.05) is 0 Å². The first-order valence-electron chi connectivity index (χ1n) is 7.06. The first-order valence-corrected chi connectivity index (χ1v) is 7.06. The maximum absolute atomic E-state index is 5.67. The van der Waals surface area contributed by atoms with Crippen LogP contribution in [-0.2, 0) is 6.42 Å². The quantitative estimate of drug-likeness (QED) is 0.824. The fraction of sp³-hybridized carbons (Fsp3) is 0.533. The number of rotatable bonds is 6. The number of methoxy groups -OCH3 is 1. The van der Waals surface area contributed by atoms with Crippen LogP contribution in [0, 0.1) is 0 Å². The zero-order valence-corrected chi connectivity index (χ0v) is 13.0. The van der Waals surface area contributed by atoms with Crippen molar-refractivity contribution in [3.8, 4) is 17.3 Å². The highest BCUT2D eigenvalue weighted by atomic mass is 16.5. The molecule has 0 radical (unpaired) electrons. The number of nitrogens with zero attached hydrogens (tertiary/aromatic N) is 3. The first-order chi connectivity index (χ1) is 9.99. The Morgan fingerprint density at radius 3 is 2.81 bits per heavy atom. The molecule has 2 aromatic rings. The van der Waals surface area contributed by atoms with Crippen molar-refractivity contribution in [3.63, 3.8) is 0 Å². The van der Waals surface area contributed by atoms with Crippen LogP contribution in [0.4, 0.5) is 0 Å². The van der Waals surface area contributed by atoms with Gasteiger partial charge in [0.25, 0.3) is 5.89 Å². The Labute approximate surface area is 124 Å². The molecule has 2 aromatic heterocycles. The molecule has 0 spiro atoms. The second-order valence-corrected chi connectivity index (χ2v) is 5.84. The van der Waals surface area contributed by atoms with Crippen molar-refractivity contribution in [3.05, 3.63) is 24.2 Å². The fourth-order valence-electron chi connectivity index (χ4n) is 1.88. The molecule has 21 heavy (non-hydrogen) atoms. The van der Waals surface area contributed by atoms with E-state index in [1.165, 1.54) is 0 Å². The number of nitrogens with one attached hydrogen (secondary N) is 1. The lowest BCUT2D eigenvalue weighted by Crippen LogP contribution is -2.36. The molecule has 6 heteroatoms. The van der Waals surface area contributed by atoms with Crippen LogP contribution in [0.3, 0.4) is 0 Å². The Hall–Kier alpha value is -1.95. The van der Waals surface area contributed by atoms with Crippen LogP contribution >= 0.6 is 0 Å². The van der Waals surface area contributed by atoms with E-state index >= 15 is 0 Å². The van der Waals surface area contributed by atoms with E-state index in [9.17, 15) is 0 Å². The molecule has 0 bridgehead atoms. The molecule has 0 aliphatic rings. The third kappa shape index (κ3) is 4.53. The molecule has 0 aliphatic carbocycles. The van der Waals surface area contributed by atoms with Crippen molar-refractivity contribution in [1.82, 2.24) is 20.5 Å². The summed E-state index contributed by atoms with van der Waals surface area (Å²) in [7, 11) is 1.57. The molecule has 6 nitrogen and oxygen atoms in total. The van der Waals surface area contributed by atoms with E-state index in [1.807, 2.05) is 12.1 Å². The van der Waals surface area contributed by atoms with E-state index in [2.05, 4.69) is 41.3 Å². The van der Waals surface area contributed by atoms with Crippen molar-refractivity contribution in [2.75, 3.05) is 13.7 Å². The summed E-state index contributed by atoms with van der Waals surface area (Å²) in [6, 6.07) is 3.67. The van der Waals surface area contributed by atoms with E-state index < -0.39 is 0 Å². The van der Waals surface area contributed by atoms with E-state index in [-0.39, 0.29) is 5.54 Å². The lowest BCUT2D eigenvalue weighted by Gasteiger charge is -2.19. The van der Waals surface area contributed by atoms with Gasteiger partial charge in [-0.15, -0.1) is 10.2 Å². The van der Waals surface area contributed by atoms with Gasteiger partial charge in [-0.2, -0.15) is 0 Å². The summed E-state index contributed by atoms with van der Waals surface area (Å²) in [6.45, 7) is 7.35. The summed E-state index contributed by atoms with van der Waals surface area (Å²) in [5.41, 5.74) is 0.842. The highest BCUT2D eigenvalue weighted by molar-refractivity contribution is 5.59. The topological polar surface area (TPSA) is 73.1 Å². The average Bonchev–Trinajstić information content (AvgIpc) is 2.91. The monoisotopic (exact) mass is 290 g/mol. The molecular formula is C15H22N4O2. The second kappa shape index (κ2) is 6.67. The molecular weight excluding hydrogens is 268 g/mol. The van der Waals surface area contributed by atoms with Gasteiger partial charge >= 0.3 is 0 Å². The third-order valence-electron chi connectivity index (χ3n) is 2.88. The van der Waals surface area contributed by atoms with Crippen LogP contribution in [-0.4, -0.2) is 34.4 Å². The molecule has 114 valence electrons. The Kier molecular flexibility index (Phi) is 4.90. The summed E-state index contributed by atoms with van der Waals surface area (Å²) in [5, 5.41) is 11.6.